The van der Waals surface area contributed by atoms with E-state index in [0.29, 0.717) is 16.2 Å². The molecule has 1 aliphatic heterocycles. The van der Waals surface area contributed by atoms with Crippen LogP contribution >= 0.6 is 0 Å². The number of carbonyl (C=O) groups is 3. The zero-order valence-electron chi connectivity index (χ0n) is 12.5. The summed E-state index contributed by atoms with van der Waals surface area (Å²) in [5, 5.41) is 11.3. The molecule has 1 aromatic carbocycles. The maximum atomic E-state index is 12.4. The third kappa shape index (κ3) is 4.97. The Morgan fingerprint density at radius 2 is 2.04 bits per heavy atom. The Balaban J connectivity index is 1.98. The number of likely N-dealkylation sites (tertiary alicyclic amines) is 1. The average Bonchev–Trinajstić information content (AvgIpc) is 2.78. The molecule has 0 aromatic heterocycles. The fraction of sp³-hybridized carbons (Fsp3) is 0.400. The first-order valence-corrected chi connectivity index (χ1v) is 7.10. The van der Waals surface area contributed by atoms with Crippen LogP contribution in [0.25, 0.3) is 0 Å². The lowest BCUT2D eigenvalue weighted by molar-refractivity contribution is -0.157. The van der Waals surface area contributed by atoms with Crippen LogP contribution in [0, 0.1) is 5.92 Å². The third-order valence-electron chi connectivity index (χ3n) is 3.51. The van der Waals surface area contributed by atoms with Crippen molar-refractivity contribution in [2.24, 2.45) is 5.92 Å². The van der Waals surface area contributed by atoms with Crippen LogP contribution in [0.15, 0.2) is 24.3 Å². The van der Waals surface area contributed by atoms with Gasteiger partial charge in [0.1, 0.15) is 6.54 Å². The quantitative estimate of drug-likeness (QED) is 0.851. The maximum absolute atomic E-state index is 12.4. The fourth-order valence-corrected chi connectivity index (χ4v) is 2.50. The molecular weight excluding hydrogens is 329 g/mol. The van der Waals surface area contributed by atoms with Gasteiger partial charge in [-0.1, -0.05) is 12.1 Å². The number of alkyl halides is 3. The number of anilines is 1. The van der Waals surface area contributed by atoms with E-state index in [9.17, 15) is 27.6 Å². The molecule has 0 spiro atoms. The van der Waals surface area contributed by atoms with E-state index < -0.39 is 36.4 Å². The average molecular weight is 344 g/mol. The molecule has 1 fully saturated rings. The molecule has 0 bridgehead atoms. The molecule has 6 nitrogen and oxygen atoms in total. The van der Waals surface area contributed by atoms with Gasteiger partial charge in [0, 0.05) is 18.7 Å². The summed E-state index contributed by atoms with van der Waals surface area (Å²) in [6.45, 7) is -1.66. The molecule has 2 N–H and O–H groups in total. The zero-order chi connectivity index (χ0) is 17.9. The highest BCUT2D eigenvalue weighted by Crippen LogP contribution is 2.25. The van der Waals surface area contributed by atoms with Gasteiger partial charge in [0.15, 0.2) is 0 Å². The normalized spacial score (nSPS) is 17.9. The molecule has 2 rings (SSSR count). The summed E-state index contributed by atoms with van der Waals surface area (Å²) in [6, 6.07) is 6.14. The Labute approximate surface area is 135 Å². The summed E-state index contributed by atoms with van der Waals surface area (Å²) in [6.07, 6.45) is -5.01. The van der Waals surface area contributed by atoms with Crippen molar-refractivity contribution in [1.29, 1.82) is 0 Å². The molecule has 24 heavy (non-hydrogen) atoms. The van der Waals surface area contributed by atoms with Crippen LogP contribution in [0.1, 0.15) is 12.0 Å². The number of hydrogen-bond donors (Lipinski definition) is 2. The second-order valence-corrected chi connectivity index (χ2v) is 5.55. The summed E-state index contributed by atoms with van der Waals surface area (Å²) >= 11 is 0. The number of amides is 2. The highest BCUT2D eigenvalue weighted by atomic mass is 19.4. The van der Waals surface area contributed by atoms with Crippen LogP contribution in [0.3, 0.4) is 0 Å². The minimum Gasteiger partial charge on any atom is -0.481 e. The summed E-state index contributed by atoms with van der Waals surface area (Å²) in [5.74, 6) is -3.18. The third-order valence-corrected chi connectivity index (χ3v) is 3.51. The van der Waals surface area contributed by atoms with E-state index in [-0.39, 0.29) is 19.4 Å². The molecule has 0 radical (unpaired) electrons. The monoisotopic (exact) mass is 344 g/mol. The molecule has 0 saturated carbocycles. The Bertz CT molecular complexity index is 660. The van der Waals surface area contributed by atoms with Crippen molar-refractivity contribution < 1.29 is 32.7 Å². The predicted molar refractivity (Wildman–Crippen MR) is 77.2 cm³/mol. The van der Waals surface area contributed by atoms with Crippen molar-refractivity contribution in [3.63, 3.8) is 0 Å². The number of carbonyl (C=O) groups excluding carboxylic acids is 2. The first-order chi connectivity index (χ1) is 11.1. The first kappa shape index (κ1) is 17.8. The molecule has 2 amide bonds. The lowest BCUT2D eigenvalue weighted by Gasteiger charge is -2.18. The zero-order valence-corrected chi connectivity index (χ0v) is 12.5. The molecule has 9 heteroatoms. The van der Waals surface area contributed by atoms with Crippen LogP contribution in [-0.4, -0.2) is 47.1 Å². The number of nitrogens with zero attached hydrogens (tertiary/aromatic N) is 1. The largest absolute Gasteiger partial charge is 0.481 e. The number of benzene rings is 1. The predicted octanol–water partition coefficient (Wildman–Crippen LogP) is 1.66. The summed E-state index contributed by atoms with van der Waals surface area (Å²) < 4.78 is 37.1. The number of halogens is 3. The van der Waals surface area contributed by atoms with Crippen LogP contribution in [0.4, 0.5) is 18.9 Å². The molecular formula is C15H15F3N2O4. The number of hydrogen-bond acceptors (Lipinski definition) is 3. The number of aliphatic carboxylic acids is 1. The van der Waals surface area contributed by atoms with Gasteiger partial charge in [-0.2, -0.15) is 13.2 Å². The Kier molecular flexibility index (Phi) is 5.10. The number of carboxylic acids is 1. The minimum atomic E-state index is -4.51. The molecule has 1 heterocycles. The molecule has 1 saturated heterocycles. The maximum Gasteiger partial charge on any atom is 0.406 e. The molecule has 1 atom stereocenters. The lowest BCUT2D eigenvalue weighted by Crippen LogP contribution is -2.36. The molecule has 1 aromatic rings. The van der Waals surface area contributed by atoms with E-state index in [2.05, 4.69) is 5.32 Å². The number of carboxylic acid groups (broad SMARTS) is 1. The highest BCUT2D eigenvalue weighted by molar-refractivity contribution is 5.97. The van der Waals surface area contributed by atoms with Crippen molar-refractivity contribution >= 4 is 23.5 Å². The second kappa shape index (κ2) is 6.90. The van der Waals surface area contributed by atoms with E-state index in [4.69, 9.17) is 5.11 Å². The van der Waals surface area contributed by atoms with Crippen molar-refractivity contribution in [2.45, 2.75) is 19.0 Å². The van der Waals surface area contributed by atoms with E-state index in [1.165, 1.54) is 12.1 Å². The summed E-state index contributed by atoms with van der Waals surface area (Å²) in [4.78, 5) is 35.0. The minimum absolute atomic E-state index is 0.217. The molecule has 130 valence electrons. The SMILES string of the molecule is O=C(O)Cc1cccc(NC(=O)C2CC(=O)N(CC(F)(F)F)C2)c1. The van der Waals surface area contributed by atoms with Crippen molar-refractivity contribution in [3.05, 3.63) is 29.8 Å². The summed E-state index contributed by atoms with van der Waals surface area (Å²) in [5.41, 5.74) is 0.807. The van der Waals surface area contributed by atoms with E-state index in [0.717, 1.165) is 0 Å². The Hall–Kier alpha value is -2.58. The van der Waals surface area contributed by atoms with Gasteiger partial charge in [-0.3, -0.25) is 14.4 Å². The van der Waals surface area contributed by atoms with Crippen molar-refractivity contribution in [1.82, 2.24) is 4.90 Å². The fourth-order valence-electron chi connectivity index (χ4n) is 2.50. The van der Waals surface area contributed by atoms with Crippen LogP contribution in [0.5, 0.6) is 0 Å². The van der Waals surface area contributed by atoms with Gasteiger partial charge in [0.2, 0.25) is 11.8 Å². The van der Waals surface area contributed by atoms with Gasteiger partial charge >= 0.3 is 12.1 Å². The van der Waals surface area contributed by atoms with Gasteiger partial charge in [-0.25, -0.2) is 0 Å². The van der Waals surface area contributed by atoms with E-state index >= 15 is 0 Å². The van der Waals surface area contributed by atoms with Gasteiger partial charge < -0.3 is 15.3 Å². The standard InChI is InChI=1S/C15H15F3N2O4/c16-15(17,18)8-20-7-10(6-12(20)21)14(24)19-11-3-1-2-9(4-11)5-13(22)23/h1-4,10H,5-8H2,(H,19,24)(H,22,23). The number of nitrogens with one attached hydrogen (secondary N) is 1. The smallest absolute Gasteiger partial charge is 0.406 e. The van der Waals surface area contributed by atoms with Crippen LogP contribution in [0.2, 0.25) is 0 Å². The van der Waals surface area contributed by atoms with Crippen molar-refractivity contribution in [3.8, 4) is 0 Å². The highest BCUT2D eigenvalue weighted by Gasteiger charge is 2.40. The van der Waals surface area contributed by atoms with Gasteiger partial charge in [-0.05, 0) is 17.7 Å². The van der Waals surface area contributed by atoms with Gasteiger partial charge in [0.25, 0.3) is 0 Å². The second-order valence-electron chi connectivity index (χ2n) is 5.55. The van der Waals surface area contributed by atoms with Crippen LogP contribution < -0.4 is 5.32 Å². The van der Waals surface area contributed by atoms with E-state index in [1.807, 2.05) is 0 Å². The lowest BCUT2D eigenvalue weighted by atomic mass is 10.1. The molecule has 0 aliphatic carbocycles. The molecule has 1 aliphatic rings. The van der Waals surface area contributed by atoms with E-state index in [1.54, 1.807) is 12.1 Å². The first-order valence-electron chi connectivity index (χ1n) is 7.10. The van der Waals surface area contributed by atoms with Crippen LogP contribution in [-0.2, 0) is 20.8 Å². The van der Waals surface area contributed by atoms with Crippen molar-refractivity contribution in [2.75, 3.05) is 18.4 Å². The Morgan fingerprint density at radius 1 is 1.33 bits per heavy atom. The summed E-state index contributed by atoms with van der Waals surface area (Å²) in [7, 11) is 0. The topological polar surface area (TPSA) is 86.7 Å². The Morgan fingerprint density at radius 3 is 2.67 bits per heavy atom. The van der Waals surface area contributed by atoms with Gasteiger partial charge in [0.05, 0.1) is 12.3 Å². The molecule has 1 unspecified atom stereocenters. The number of rotatable bonds is 5. The van der Waals surface area contributed by atoms with Gasteiger partial charge in [-0.15, -0.1) is 0 Å².